The first-order valence-corrected chi connectivity index (χ1v) is 14.9. The molecule has 0 aromatic heterocycles. The van der Waals surface area contributed by atoms with Crippen LogP contribution >= 0.6 is 11.6 Å². The van der Waals surface area contributed by atoms with Crippen LogP contribution in [-0.4, -0.2) is 37.8 Å². The first-order valence-electron chi connectivity index (χ1n) is 14.5. The van der Waals surface area contributed by atoms with E-state index < -0.39 is 5.91 Å². The number of hydrogen-bond acceptors (Lipinski definition) is 7. The van der Waals surface area contributed by atoms with Crippen molar-refractivity contribution in [2.75, 3.05) is 25.1 Å². The Kier molecular flexibility index (Phi) is 11.8. The van der Waals surface area contributed by atoms with Gasteiger partial charge in [-0.25, -0.2) is 5.43 Å². The number of carbonyl (C=O) groups excluding carboxylic acids is 2. The van der Waals surface area contributed by atoms with Gasteiger partial charge in [0.1, 0.15) is 6.61 Å². The van der Waals surface area contributed by atoms with Gasteiger partial charge in [0.15, 0.2) is 29.6 Å². The molecule has 2 N–H and O–H groups in total. The Hall–Kier alpha value is -5.02. The van der Waals surface area contributed by atoms with E-state index in [4.69, 9.17) is 30.5 Å². The molecule has 9 nitrogen and oxygen atoms in total. The van der Waals surface area contributed by atoms with Gasteiger partial charge in [0.25, 0.3) is 11.8 Å². The lowest BCUT2D eigenvalue weighted by atomic mass is 10.1. The van der Waals surface area contributed by atoms with Crippen LogP contribution in [0.25, 0.3) is 0 Å². The van der Waals surface area contributed by atoms with E-state index in [9.17, 15) is 9.59 Å². The summed E-state index contributed by atoms with van der Waals surface area (Å²) in [5.41, 5.74) is 7.12. The standard InChI is InChI=1S/C35H36ClN3O6/c1-5-42-31-19-27(14-15-30(31)44-21-25-10-8-7-9-11-25)35(41)39-37-20-26-17-28(36)34(32(18-26)43-6-2)45-22-33(40)38-29-16-23(3)12-13-24(29)4/h7-20H,5-6,21-22H2,1-4H3,(H,38,40)(H,39,41)/b37-20+. The van der Waals surface area contributed by atoms with Crippen molar-refractivity contribution in [2.24, 2.45) is 5.10 Å². The highest BCUT2D eigenvalue weighted by molar-refractivity contribution is 6.32. The fourth-order valence-electron chi connectivity index (χ4n) is 4.26. The second-order valence-electron chi connectivity index (χ2n) is 9.99. The van der Waals surface area contributed by atoms with Crippen molar-refractivity contribution in [3.63, 3.8) is 0 Å². The van der Waals surface area contributed by atoms with E-state index in [1.54, 1.807) is 30.3 Å². The van der Waals surface area contributed by atoms with Crippen molar-refractivity contribution < 1.29 is 28.5 Å². The number of nitrogens with zero attached hydrogens (tertiary/aromatic N) is 1. The van der Waals surface area contributed by atoms with E-state index in [0.29, 0.717) is 48.2 Å². The van der Waals surface area contributed by atoms with Crippen LogP contribution < -0.4 is 29.7 Å². The minimum atomic E-state index is -0.437. The number of carbonyl (C=O) groups is 2. The normalized spacial score (nSPS) is 10.8. The fourth-order valence-corrected chi connectivity index (χ4v) is 4.54. The molecular formula is C35H36ClN3O6. The maximum absolute atomic E-state index is 12.9. The van der Waals surface area contributed by atoms with Crippen LogP contribution in [0.3, 0.4) is 0 Å². The summed E-state index contributed by atoms with van der Waals surface area (Å²) in [6.45, 7) is 8.40. The van der Waals surface area contributed by atoms with Gasteiger partial charge in [-0.1, -0.05) is 54.1 Å². The molecule has 10 heteroatoms. The number of nitrogens with one attached hydrogen (secondary N) is 2. The van der Waals surface area contributed by atoms with Crippen molar-refractivity contribution in [1.82, 2.24) is 5.43 Å². The van der Waals surface area contributed by atoms with Gasteiger partial charge in [0.2, 0.25) is 0 Å². The van der Waals surface area contributed by atoms with Crippen LogP contribution in [-0.2, 0) is 11.4 Å². The van der Waals surface area contributed by atoms with E-state index in [2.05, 4.69) is 15.8 Å². The topological polar surface area (TPSA) is 107 Å². The first-order chi connectivity index (χ1) is 21.8. The van der Waals surface area contributed by atoms with Crippen LogP contribution in [0, 0.1) is 13.8 Å². The zero-order chi connectivity index (χ0) is 32.2. The minimum Gasteiger partial charge on any atom is -0.490 e. The molecule has 4 rings (SSSR count). The summed E-state index contributed by atoms with van der Waals surface area (Å²) in [6.07, 6.45) is 1.43. The molecule has 2 amide bonds. The SMILES string of the molecule is CCOc1cc(C(=O)N/N=C/c2cc(Cl)c(OCC(=O)Nc3cc(C)ccc3C)c(OCC)c2)ccc1OCc1ccccc1. The summed E-state index contributed by atoms with van der Waals surface area (Å²) < 4.78 is 23.1. The molecule has 0 heterocycles. The van der Waals surface area contributed by atoms with Crippen molar-refractivity contribution in [3.8, 4) is 23.0 Å². The molecule has 0 radical (unpaired) electrons. The van der Waals surface area contributed by atoms with Crippen LogP contribution in [0.15, 0.2) is 84.0 Å². The summed E-state index contributed by atoms with van der Waals surface area (Å²) in [4.78, 5) is 25.5. The maximum Gasteiger partial charge on any atom is 0.271 e. The Labute approximate surface area is 268 Å². The summed E-state index contributed by atoms with van der Waals surface area (Å²) in [5, 5.41) is 7.17. The zero-order valence-corrected chi connectivity index (χ0v) is 26.4. The lowest BCUT2D eigenvalue weighted by Crippen LogP contribution is -2.21. The van der Waals surface area contributed by atoms with Crippen LogP contribution in [0.5, 0.6) is 23.0 Å². The van der Waals surface area contributed by atoms with Crippen molar-refractivity contribution in [3.05, 3.63) is 112 Å². The smallest absolute Gasteiger partial charge is 0.271 e. The van der Waals surface area contributed by atoms with E-state index in [1.807, 2.05) is 76.2 Å². The molecule has 234 valence electrons. The Bertz CT molecular complexity index is 1660. The molecule has 4 aromatic carbocycles. The molecule has 0 aliphatic rings. The van der Waals surface area contributed by atoms with Crippen molar-refractivity contribution in [2.45, 2.75) is 34.3 Å². The number of aryl methyl sites for hydroxylation is 2. The van der Waals surface area contributed by atoms with Crippen molar-refractivity contribution >= 4 is 35.3 Å². The van der Waals surface area contributed by atoms with Crippen LogP contribution in [0.2, 0.25) is 5.02 Å². The monoisotopic (exact) mass is 629 g/mol. The minimum absolute atomic E-state index is 0.223. The van der Waals surface area contributed by atoms with E-state index in [-0.39, 0.29) is 23.3 Å². The summed E-state index contributed by atoms with van der Waals surface area (Å²) in [7, 11) is 0. The zero-order valence-electron chi connectivity index (χ0n) is 25.7. The molecule has 0 aliphatic carbocycles. The second kappa shape index (κ2) is 16.2. The van der Waals surface area contributed by atoms with Gasteiger partial charge < -0.3 is 24.3 Å². The summed E-state index contributed by atoms with van der Waals surface area (Å²) in [5.74, 6) is 0.783. The lowest BCUT2D eigenvalue weighted by Gasteiger charge is -2.15. The Morgan fingerprint density at radius 3 is 2.33 bits per heavy atom. The molecule has 0 fully saturated rings. The Morgan fingerprint density at radius 2 is 1.58 bits per heavy atom. The van der Waals surface area contributed by atoms with Gasteiger partial charge in [-0.05, 0) is 86.3 Å². The number of rotatable bonds is 14. The van der Waals surface area contributed by atoms with Crippen molar-refractivity contribution in [1.29, 1.82) is 0 Å². The molecule has 0 unspecified atom stereocenters. The third kappa shape index (κ3) is 9.48. The Morgan fingerprint density at radius 1 is 0.822 bits per heavy atom. The third-order valence-corrected chi connectivity index (χ3v) is 6.75. The highest BCUT2D eigenvalue weighted by Crippen LogP contribution is 2.36. The highest BCUT2D eigenvalue weighted by Gasteiger charge is 2.16. The number of amides is 2. The van der Waals surface area contributed by atoms with E-state index in [1.165, 1.54) is 6.21 Å². The van der Waals surface area contributed by atoms with Gasteiger partial charge in [0, 0.05) is 11.3 Å². The predicted octanol–water partition coefficient (Wildman–Crippen LogP) is 7.11. The number of anilines is 1. The predicted molar refractivity (Wildman–Crippen MR) is 176 cm³/mol. The number of hydrogen-bond donors (Lipinski definition) is 2. The fraction of sp³-hybridized carbons (Fsp3) is 0.229. The number of hydrazone groups is 1. The quantitative estimate of drug-likeness (QED) is 0.114. The third-order valence-electron chi connectivity index (χ3n) is 6.47. The molecule has 0 saturated carbocycles. The summed E-state index contributed by atoms with van der Waals surface area (Å²) in [6, 6.07) is 23.8. The molecule has 0 saturated heterocycles. The second-order valence-corrected chi connectivity index (χ2v) is 10.4. The molecule has 0 spiro atoms. The van der Waals surface area contributed by atoms with Gasteiger partial charge in [-0.2, -0.15) is 5.10 Å². The number of ether oxygens (including phenoxy) is 4. The molecule has 45 heavy (non-hydrogen) atoms. The summed E-state index contributed by atoms with van der Waals surface area (Å²) >= 11 is 6.51. The Balaban J connectivity index is 1.39. The lowest BCUT2D eigenvalue weighted by molar-refractivity contribution is -0.118. The van der Waals surface area contributed by atoms with Gasteiger partial charge in [0.05, 0.1) is 24.5 Å². The molecule has 0 aliphatic heterocycles. The van der Waals surface area contributed by atoms with Gasteiger partial charge in [-0.15, -0.1) is 0 Å². The number of benzene rings is 4. The van der Waals surface area contributed by atoms with Crippen LogP contribution in [0.4, 0.5) is 5.69 Å². The van der Waals surface area contributed by atoms with Crippen LogP contribution in [0.1, 0.15) is 46.5 Å². The van der Waals surface area contributed by atoms with Gasteiger partial charge >= 0.3 is 0 Å². The molecule has 4 aromatic rings. The molecule has 0 atom stereocenters. The average molecular weight is 630 g/mol. The van der Waals surface area contributed by atoms with E-state index >= 15 is 0 Å². The first kappa shape index (κ1) is 32.9. The highest BCUT2D eigenvalue weighted by atomic mass is 35.5. The largest absolute Gasteiger partial charge is 0.490 e. The number of halogens is 1. The molecular weight excluding hydrogens is 594 g/mol. The maximum atomic E-state index is 12.9. The van der Waals surface area contributed by atoms with Gasteiger partial charge in [-0.3, -0.25) is 9.59 Å². The average Bonchev–Trinajstić information content (AvgIpc) is 3.02. The van der Waals surface area contributed by atoms with E-state index in [0.717, 1.165) is 22.4 Å². The molecule has 0 bridgehead atoms.